The van der Waals surface area contributed by atoms with Crippen molar-refractivity contribution < 1.29 is 13.9 Å². The Bertz CT molecular complexity index is 820. The van der Waals surface area contributed by atoms with Crippen molar-refractivity contribution in [3.05, 3.63) is 65.2 Å². The number of carbonyl (C=O) groups is 1. The highest BCUT2D eigenvalue weighted by atomic mass is 19.1. The number of alkyl halides is 1. The molecule has 1 amide bonds. The standard InChI is InChI=1S/C26H35FN2O2/c1-19(2)18-31-23-11-8-21(9-12-23)10-13-26(30)29(25-14-15-28-16-24(25)27)17-22-6-4-20(3)5-7-22/h4-9,11-12,19,24-25,28H,10,13-18H2,1-3H3/t24-,25+/m1/s1. The van der Waals surface area contributed by atoms with E-state index in [2.05, 4.69) is 19.2 Å². The van der Waals surface area contributed by atoms with Crippen LogP contribution in [0.1, 0.15) is 43.4 Å². The monoisotopic (exact) mass is 426 g/mol. The summed E-state index contributed by atoms with van der Waals surface area (Å²) in [6.07, 6.45) is 0.603. The summed E-state index contributed by atoms with van der Waals surface area (Å²) in [5.74, 6) is 1.33. The Morgan fingerprint density at radius 3 is 2.45 bits per heavy atom. The van der Waals surface area contributed by atoms with Crippen molar-refractivity contribution >= 4 is 5.91 Å². The molecule has 0 bridgehead atoms. The van der Waals surface area contributed by atoms with Gasteiger partial charge >= 0.3 is 0 Å². The second-order valence-electron chi connectivity index (χ2n) is 8.93. The molecule has 1 aliphatic heterocycles. The predicted molar refractivity (Wildman–Crippen MR) is 123 cm³/mol. The predicted octanol–water partition coefficient (Wildman–Crippen LogP) is 4.69. The summed E-state index contributed by atoms with van der Waals surface area (Å²) in [6.45, 7) is 8.45. The van der Waals surface area contributed by atoms with Crippen molar-refractivity contribution in [2.24, 2.45) is 5.92 Å². The van der Waals surface area contributed by atoms with Crippen LogP contribution in [0.3, 0.4) is 0 Å². The molecule has 2 aromatic rings. The van der Waals surface area contributed by atoms with Gasteiger partial charge in [0.05, 0.1) is 12.6 Å². The van der Waals surface area contributed by atoms with Gasteiger partial charge in [-0.05, 0) is 55.5 Å². The van der Waals surface area contributed by atoms with E-state index < -0.39 is 6.17 Å². The van der Waals surface area contributed by atoms with Gasteiger partial charge in [0.2, 0.25) is 5.91 Å². The Hall–Kier alpha value is -2.40. The van der Waals surface area contributed by atoms with Crippen molar-refractivity contribution in [2.75, 3.05) is 19.7 Å². The first-order valence-corrected chi connectivity index (χ1v) is 11.3. The maximum atomic E-state index is 14.7. The maximum absolute atomic E-state index is 14.7. The van der Waals surface area contributed by atoms with Gasteiger partial charge in [0, 0.05) is 19.5 Å². The number of amides is 1. The normalized spacial score (nSPS) is 18.7. The highest BCUT2D eigenvalue weighted by Gasteiger charge is 2.32. The second-order valence-corrected chi connectivity index (χ2v) is 8.93. The molecule has 0 aromatic heterocycles. The van der Waals surface area contributed by atoms with Gasteiger partial charge in [0.1, 0.15) is 11.9 Å². The summed E-state index contributed by atoms with van der Waals surface area (Å²) < 4.78 is 20.4. The van der Waals surface area contributed by atoms with Gasteiger partial charge in [0.25, 0.3) is 0 Å². The van der Waals surface area contributed by atoms with Crippen molar-refractivity contribution in [2.45, 2.75) is 58.8 Å². The van der Waals surface area contributed by atoms with E-state index in [0.717, 1.165) is 23.4 Å². The minimum absolute atomic E-state index is 0.00950. The van der Waals surface area contributed by atoms with E-state index in [1.807, 2.05) is 55.5 Å². The highest BCUT2D eigenvalue weighted by Crippen LogP contribution is 2.21. The summed E-state index contributed by atoms with van der Waals surface area (Å²) in [4.78, 5) is 15.0. The van der Waals surface area contributed by atoms with Crippen LogP contribution in [0.25, 0.3) is 0 Å². The van der Waals surface area contributed by atoms with Crippen LogP contribution in [0, 0.1) is 12.8 Å². The topological polar surface area (TPSA) is 41.6 Å². The molecule has 2 atom stereocenters. The van der Waals surface area contributed by atoms with Gasteiger partial charge in [-0.15, -0.1) is 0 Å². The second kappa shape index (κ2) is 11.3. The Labute approximate surface area is 185 Å². The van der Waals surface area contributed by atoms with Crippen molar-refractivity contribution in [1.82, 2.24) is 10.2 Å². The third-order valence-electron chi connectivity index (χ3n) is 5.70. The zero-order chi connectivity index (χ0) is 22.2. The summed E-state index contributed by atoms with van der Waals surface area (Å²) in [7, 11) is 0. The number of hydrogen-bond acceptors (Lipinski definition) is 3. The minimum Gasteiger partial charge on any atom is -0.493 e. The molecule has 3 rings (SSSR count). The number of halogens is 1. The van der Waals surface area contributed by atoms with E-state index in [0.29, 0.717) is 44.9 Å². The number of carbonyl (C=O) groups excluding carboxylic acids is 1. The van der Waals surface area contributed by atoms with Gasteiger partial charge in [-0.2, -0.15) is 0 Å². The first-order valence-electron chi connectivity index (χ1n) is 11.3. The molecular formula is C26H35FN2O2. The molecule has 31 heavy (non-hydrogen) atoms. The number of hydrogen-bond donors (Lipinski definition) is 1. The lowest BCUT2D eigenvalue weighted by atomic mass is 10.00. The zero-order valence-electron chi connectivity index (χ0n) is 18.9. The quantitative estimate of drug-likeness (QED) is 0.632. The highest BCUT2D eigenvalue weighted by molar-refractivity contribution is 5.77. The molecule has 0 spiro atoms. The molecule has 168 valence electrons. The van der Waals surface area contributed by atoms with E-state index >= 15 is 0 Å². The molecule has 1 aliphatic rings. The SMILES string of the molecule is Cc1ccc(CN(C(=O)CCc2ccc(OCC(C)C)cc2)[C@H]2CCNC[C@H]2F)cc1. The fraction of sp³-hybridized carbons (Fsp3) is 0.500. The Morgan fingerprint density at radius 1 is 1.13 bits per heavy atom. The van der Waals surface area contributed by atoms with E-state index in [1.54, 1.807) is 4.90 Å². The lowest BCUT2D eigenvalue weighted by molar-refractivity contribution is -0.136. The van der Waals surface area contributed by atoms with Gasteiger partial charge in [-0.25, -0.2) is 4.39 Å². The van der Waals surface area contributed by atoms with Crippen LogP contribution in [0.4, 0.5) is 4.39 Å². The molecule has 0 saturated carbocycles. The molecule has 1 saturated heterocycles. The van der Waals surface area contributed by atoms with Crippen LogP contribution in [-0.4, -0.2) is 42.7 Å². The molecule has 5 heteroatoms. The minimum atomic E-state index is -1.04. The molecule has 0 aliphatic carbocycles. The van der Waals surface area contributed by atoms with E-state index in [-0.39, 0.29) is 11.9 Å². The Balaban J connectivity index is 1.64. The first-order chi connectivity index (χ1) is 14.9. The number of ether oxygens (including phenoxy) is 1. The average molecular weight is 427 g/mol. The largest absolute Gasteiger partial charge is 0.493 e. The molecule has 0 radical (unpaired) electrons. The van der Waals surface area contributed by atoms with Crippen LogP contribution in [0.15, 0.2) is 48.5 Å². The number of piperidine rings is 1. The van der Waals surface area contributed by atoms with Gasteiger partial charge in [0.15, 0.2) is 0 Å². The Kier molecular flexibility index (Phi) is 8.47. The third kappa shape index (κ3) is 7.06. The maximum Gasteiger partial charge on any atom is 0.223 e. The van der Waals surface area contributed by atoms with Crippen LogP contribution in [0.2, 0.25) is 0 Å². The molecule has 1 N–H and O–H groups in total. The lowest BCUT2D eigenvalue weighted by Gasteiger charge is -2.37. The summed E-state index contributed by atoms with van der Waals surface area (Å²) >= 11 is 0. The lowest BCUT2D eigenvalue weighted by Crippen LogP contribution is -2.52. The van der Waals surface area contributed by atoms with Crippen molar-refractivity contribution in [3.8, 4) is 5.75 Å². The average Bonchev–Trinajstić information content (AvgIpc) is 2.77. The van der Waals surface area contributed by atoms with Crippen LogP contribution < -0.4 is 10.1 Å². The zero-order valence-corrected chi connectivity index (χ0v) is 18.9. The van der Waals surface area contributed by atoms with E-state index in [1.165, 1.54) is 5.56 Å². The number of benzene rings is 2. The smallest absolute Gasteiger partial charge is 0.223 e. The van der Waals surface area contributed by atoms with Crippen LogP contribution in [-0.2, 0) is 17.8 Å². The summed E-state index contributed by atoms with van der Waals surface area (Å²) in [6, 6.07) is 15.7. The third-order valence-corrected chi connectivity index (χ3v) is 5.70. The number of rotatable bonds is 9. The van der Waals surface area contributed by atoms with E-state index in [9.17, 15) is 9.18 Å². The fourth-order valence-corrected chi connectivity index (χ4v) is 3.85. The fourth-order valence-electron chi connectivity index (χ4n) is 3.85. The molecule has 1 fully saturated rings. The number of nitrogens with zero attached hydrogens (tertiary/aromatic N) is 1. The number of aryl methyl sites for hydroxylation is 2. The van der Waals surface area contributed by atoms with Crippen LogP contribution >= 0.6 is 0 Å². The molecular weight excluding hydrogens is 391 g/mol. The van der Waals surface area contributed by atoms with Gasteiger partial charge in [-0.3, -0.25) is 4.79 Å². The Morgan fingerprint density at radius 2 is 1.81 bits per heavy atom. The molecule has 2 aromatic carbocycles. The number of nitrogens with one attached hydrogen (secondary N) is 1. The van der Waals surface area contributed by atoms with Crippen molar-refractivity contribution in [1.29, 1.82) is 0 Å². The first kappa shape index (κ1) is 23.3. The molecule has 4 nitrogen and oxygen atoms in total. The van der Waals surface area contributed by atoms with Crippen LogP contribution in [0.5, 0.6) is 5.75 Å². The molecule has 1 heterocycles. The molecule has 0 unspecified atom stereocenters. The summed E-state index contributed by atoms with van der Waals surface area (Å²) in [5.41, 5.74) is 3.30. The van der Waals surface area contributed by atoms with Gasteiger partial charge in [-0.1, -0.05) is 55.8 Å². The van der Waals surface area contributed by atoms with Crippen molar-refractivity contribution in [3.63, 3.8) is 0 Å². The summed E-state index contributed by atoms with van der Waals surface area (Å²) in [5, 5.41) is 3.09. The van der Waals surface area contributed by atoms with Gasteiger partial charge < -0.3 is 15.0 Å². The van der Waals surface area contributed by atoms with E-state index in [4.69, 9.17) is 4.74 Å².